The molecule has 2 rings (SSSR count). The number of hydrogen-bond donors (Lipinski definition) is 1. The minimum absolute atomic E-state index is 0.0456. The maximum Gasteiger partial charge on any atom is 0.240 e. The molecule has 0 aromatic heterocycles. The average Bonchev–Trinajstić information content (AvgIpc) is 2.25. The lowest BCUT2D eigenvalue weighted by molar-refractivity contribution is -0.118. The Hall–Kier alpha value is -1.16. The Morgan fingerprint density at radius 3 is 2.94 bits per heavy atom. The van der Waals surface area contributed by atoms with E-state index < -0.39 is 0 Å². The summed E-state index contributed by atoms with van der Waals surface area (Å²) in [6, 6.07) is 5.70. The summed E-state index contributed by atoms with van der Waals surface area (Å²) in [4.78, 5) is 14.9. The van der Waals surface area contributed by atoms with Crippen LogP contribution in [0.4, 0.5) is 11.4 Å². The standard InChI is InChI=1S/C12H16N2OS/c1-3-4-10-12(15)14(2)9-6-5-8(13)7-11(9)16-10/h5-7,10H,3-4,13H2,1-2H3. The summed E-state index contributed by atoms with van der Waals surface area (Å²) in [5.74, 6) is 0.198. The van der Waals surface area contributed by atoms with E-state index >= 15 is 0 Å². The number of nitrogen functional groups attached to an aromatic ring is 1. The Kier molecular flexibility index (Phi) is 3.10. The second kappa shape index (κ2) is 4.37. The molecule has 1 amide bonds. The number of carbonyl (C=O) groups excluding carboxylic acids is 1. The summed E-state index contributed by atoms with van der Waals surface area (Å²) >= 11 is 1.64. The number of benzene rings is 1. The number of carbonyl (C=O) groups is 1. The van der Waals surface area contributed by atoms with Gasteiger partial charge in [0, 0.05) is 17.6 Å². The van der Waals surface area contributed by atoms with Gasteiger partial charge in [-0.2, -0.15) is 0 Å². The maximum atomic E-state index is 12.0. The monoisotopic (exact) mass is 236 g/mol. The van der Waals surface area contributed by atoms with Gasteiger partial charge < -0.3 is 10.6 Å². The van der Waals surface area contributed by atoms with Gasteiger partial charge in [0.15, 0.2) is 0 Å². The van der Waals surface area contributed by atoms with Crippen LogP contribution in [0, 0.1) is 0 Å². The van der Waals surface area contributed by atoms with Crippen LogP contribution in [0.5, 0.6) is 0 Å². The van der Waals surface area contributed by atoms with Crippen molar-refractivity contribution in [3.05, 3.63) is 18.2 Å². The summed E-state index contributed by atoms with van der Waals surface area (Å²) in [5.41, 5.74) is 7.49. The van der Waals surface area contributed by atoms with Crippen molar-refractivity contribution in [2.75, 3.05) is 17.7 Å². The number of nitrogens with zero attached hydrogens (tertiary/aromatic N) is 1. The SMILES string of the molecule is CCCC1Sc2cc(N)ccc2N(C)C1=O. The molecular formula is C12H16N2OS. The summed E-state index contributed by atoms with van der Waals surface area (Å²) < 4.78 is 0. The van der Waals surface area contributed by atoms with E-state index in [9.17, 15) is 4.79 Å². The molecule has 0 aliphatic carbocycles. The first-order chi connectivity index (χ1) is 7.63. The maximum absolute atomic E-state index is 12.0. The lowest BCUT2D eigenvalue weighted by Gasteiger charge is -2.31. The fraction of sp³-hybridized carbons (Fsp3) is 0.417. The molecule has 1 aromatic rings. The highest BCUT2D eigenvalue weighted by Crippen LogP contribution is 2.40. The van der Waals surface area contributed by atoms with Crippen molar-refractivity contribution < 1.29 is 4.79 Å². The second-order valence-corrected chi connectivity index (χ2v) is 5.26. The van der Waals surface area contributed by atoms with Crippen LogP contribution in [-0.4, -0.2) is 18.2 Å². The van der Waals surface area contributed by atoms with Gasteiger partial charge in [-0.3, -0.25) is 4.79 Å². The van der Waals surface area contributed by atoms with Crippen LogP contribution in [-0.2, 0) is 4.79 Å². The minimum Gasteiger partial charge on any atom is -0.399 e. The van der Waals surface area contributed by atoms with Gasteiger partial charge in [-0.25, -0.2) is 0 Å². The number of rotatable bonds is 2. The number of anilines is 2. The third kappa shape index (κ3) is 1.89. The largest absolute Gasteiger partial charge is 0.399 e. The van der Waals surface area contributed by atoms with Crippen molar-refractivity contribution in [1.29, 1.82) is 0 Å². The van der Waals surface area contributed by atoms with Crippen LogP contribution in [0.25, 0.3) is 0 Å². The lowest BCUT2D eigenvalue weighted by atomic mass is 10.2. The third-order valence-corrected chi connectivity index (χ3v) is 4.07. The Balaban J connectivity index is 2.36. The van der Waals surface area contributed by atoms with Crippen LogP contribution in [0.2, 0.25) is 0 Å². The minimum atomic E-state index is 0.0456. The van der Waals surface area contributed by atoms with E-state index in [0.29, 0.717) is 0 Å². The van der Waals surface area contributed by atoms with Gasteiger partial charge in [0.1, 0.15) is 0 Å². The van der Waals surface area contributed by atoms with Gasteiger partial charge in [0.25, 0.3) is 0 Å². The van der Waals surface area contributed by atoms with Crippen LogP contribution in [0.3, 0.4) is 0 Å². The van der Waals surface area contributed by atoms with E-state index in [-0.39, 0.29) is 11.2 Å². The molecule has 0 radical (unpaired) electrons. The van der Waals surface area contributed by atoms with Crippen molar-refractivity contribution in [2.45, 2.75) is 29.9 Å². The van der Waals surface area contributed by atoms with E-state index in [2.05, 4.69) is 6.92 Å². The van der Waals surface area contributed by atoms with E-state index in [4.69, 9.17) is 5.73 Å². The van der Waals surface area contributed by atoms with Gasteiger partial charge in [-0.15, -0.1) is 11.8 Å². The average molecular weight is 236 g/mol. The zero-order chi connectivity index (χ0) is 11.7. The lowest BCUT2D eigenvalue weighted by Crippen LogP contribution is -2.37. The highest BCUT2D eigenvalue weighted by molar-refractivity contribution is 8.01. The number of thioether (sulfide) groups is 1. The highest BCUT2D eigenvalue weighted by atomic mass is 32.2. The van der Waals surface area contributed by atoms with Crippen molar-refractivity contribution in [3.8, 4) is 0 Å². The van der Waals surface area contributed by atoms with Crippen LogP contribution in [0.1, 0.15) is 19.8 Å². The van der Waals surface area contributed by atoms with Crippen LogP contribution >= 0.6 is 11.8 Å². The smallest absolute Gasteiger partial charge is 0.240 e. The molecule has 4 heteroatoms. The Morgan fingerprint density at radius 1 is 1.50 bits per heavy atom. The molecule has 1 atom stereocenters. The van der Waals surface area contributed by atoms with Gasteiger partial charge in [-0.05, 0) is 24.6 Å². The van der Waals surface area contributed by atoms with E-state index in [1.54, 1.807) is 16.7 Å². The fourth-order valence-corrected chi connectivity index (χ4v) is 3.33. The molecule has 1 aliphatic heterocycles. The van der Waals surface area contributed by atoms with E-state index in [1.165, 1.54) is 0 Å². The number of nitrogens with two attached hydrogens (primary N) is 1. The van der Waals surface area contributed by atoms with Crippen molar-refractivity contribution in [2.24, 2.45) is 0 Å². The molecule has 0 fully saturated rings. The zero-order valence-corrected chi connectivity index (χ0v) is 10.4. The highest BCUT2D eigenvalue weighted by Gasteiger charge is 2.30. The molecule has 3 nitrogen and oxygen atoms in total. The summed E-state index contributed by atoms with van der Waals surface area (Å²) in [6.07, 6.45) is 1.94. The molecule has 1 aliphatic rings. The number of amides is 1. The predicted octanol–water partition coefficient (Wildman–Crippen LogP) is 2.51. The van der Waals surface area contributed by atoms with Gasteiger partial charge in [0.05, 0.1) is 10.9 Å². The molecule has 0 bridgehead atoms. The molecule has 1 unspecified atom stereocenters. The van der Waals surface area contributed by atoms with Crippen LogP contribution < -0.4 is 10.6 Å². The molecular weight excluding hydrogens is 220 g/mol. The van der Waals surface area contributed by atoms with E-state index in [1.807, 2.05) is 25.2 Å². The van der Waals surface area contributed by atoms with Gasteiger partial charge in [0.2, 0.25) is 5.91 Å². The molecule has 16 heavy (non-hydrogen) atoms. The predicted molar refractivity (Wildman–Crippen MR) is 68.8 cm³/mol. The van der Waals surface area contributed by atoms with Crippen molar-refractivity contribution in [3.63, 3.8) is 0 Å². The summed E-state index contributed by atoms with van der Waals surface area (Å²) in [6.45, 7) is 2.10. The molecule has 1 heterocycles. The number of fused-ring (bicyclic) bond motifs is 1. The molecule has 0 saturated heterocycles. The van der Waals surface area contributed by atoms with Crippen LogP contribution in [0.15, 0.2) is 23.1 Å². The summed E-state index contributed by atoms with van der Waals surface area (Å²) in [5, 5.41) is 0.0456. The topological polar surface area (TPSA) is 46.3 Å². The fourth-order valence-electron chi connectivity index (χ4n) is 1.89. The van der Waals surface area contributed by atoms with Gasteiger partial charge in [-0.1, -0.05) is 13.3 Å². The Bertz CT molecular complexity index is 419. The van der Waals surface area contributed by atoms with E-state index in [0.717, 1.165) is 29.1 Å². The molecule has 0 saturated carbocycles. The molecule has 0 spiro atoms. The molecule has 86 valence electrons. The Labute approximate surface area is 100.0 Å². The van der Waals surface area contributed by atoms with Crippen molar-refractivity contribution in [1.82, 2.24) is 0 Å². The molecule has 2 N–H and O–H groups in total. The molecule has 1 aromatic carbocycles. The van der Waals surface area contributed by atoms with Crippen molar-refractivity contribution >= 4 is 29.0 Å². The second-order valence-electron chi connectivity index (χ2n) is 4.02. The Morgan fingerprint density at radius 2 is 2.25 bits per heavy atom. The zero-order valence-electron chi connectivity index (χ0n) is 9.56. The third-order valence-electron chi connectivity index (χ3n) is 2.77. The first kappa shape index (κ1) is 11.3. The summed E-state index contributed by atoms with van der Waals surface area (Å²) in [7, 11) is 1.83. The first-order valence-electron chi connectivity index (χ1n) is 5.47. The first-order valence-corrected chi connectivity index (χ1v) is 6.35. The normalized spacial score (nSPS) is 19.8. The quantitative estimate of drug-likeness (QED) is 0.802. The number of hydrogen-bond acceptors (Lipinski definition) is 3. The van der Waals surface area contributed by atoms with Gasteiger partial charge >= 0.3 is 0 Å².